The van der Waals surface area contributed by atoms with Crippen molar-refractivity contribution in [3.05, 3.63) is 12.2 Å². The SMILES string of the molecule is B1C2CCCC1C(CCC1CC=CCC1)CC2. The summed E-state index contributed by atoms with van der Waals surface area (Å²) in [7, 11) is 1.59. The molecule has 3 rings (SSSR count). The molecule has 2 saturated heterocycles. The Bertz CT molecular complexity index is 271. The third-order valence-corrected chi connectivity index (χ3v) is 5.76. The molecule has 0 spiro atoms. The lowest BCUT2D eigenvalue weighted by Crippen LogP contribution is -2.29. The highest BCUT2D eigenvalue weighted by Crippen LogP contribution is 2.47. The Morgan fingerprint density at radius 1 is 0.941 bits per heavy atom. The average Bonchev–Trinajstić information content (AvgIpc) is 2.40. The molecular formula is C16H27B. The van der Waals surface area contributed by atoms with E-state index in [1.54, 1.807) is 39.4 Å². The maximum absolute atomic E-state index is 2.42. The first-order valence-corrected chi connectivity index (χ1v) is 8.07. The van der Waals surface area contributed by atoms with Crippen LogP contribution in [-0.4, -0.2) is 7.28 Å². The first-order chi connectivity index (χ1) is 8.42. The van der Waals surface area contributed by atoms with Crippen molar-refractivity contribution in [3.8, 4) is 0 Å². The fourth-order valence-electron chi connectivity index (χ4n) is 4.66. The highest BCUT2D eigenvalue weighted by atomic mass is 14.3. The van der Waals surface area contributed by atoms with Crippen molar-refractivity contribution in [1.29, 1.82) is 0 Å². The molecule has 0 amide bonds. The molecule has 94 valence electrons. The maximum atomic E-state index is 2.42. The monoisotopic (exact) mass is 230 g/mol. The van der Waals surface area contributed by atoms with Gasteiger partial charge in [0.1, 0.15) is 7.28 Å². The lowest BCUT2D eigenvalue weighted by Gasteiger charge is -2.40. The summed E-state index contributed by atoms with van der Waals surface area (Å²) < 4.78 is 0. The van der Waals surface area contributed by atoms with E-state index in [0.29, 0.717) is 0 Å². The van der Waals surface area contributed by atoms with Gasteiger partial charge in [-0.15, -0.1) is 0 Å². The Morgan fingerprint density at radius 3 is 2.82 bits per heavy atom. The van der Waals surface area contributed by atoms with Gasteiger partial charge in [-0.05, 0) is 37.5 Å². The third kappa shape index (κ3) is 2.98. The number of rotatable bonds is 3. The zero-order chi connectivity index (χ0) is 11.5. The summed E-state index contributed by atoms with van der Waals surface area (Å²) in [6.45, 7) is 0. The summed E-state index contributed by atoms with van der Waals surface area (Å²) in [6.07, 6.45) is 19.8. The van der Waals surface area contributed by atoms with Crippen LogP contribution in [0.2, 0.25) is 11.6 Å². The number of fused-ring (bicyclic) bond motifs is 2. The molecule has 2 heterocycles. The van der Waals surface area contributed by atoms with Crippen molar-refractivity contribution in [3.63, 3.8) is 0 Å². The first kappa shape index (κ1) is 11.9. The summed E-state index contributed by atoms with van der Waals surface area (Å²) in [5.41, 5.74) is 0. The molecule has 0 N–H and O–H groups in total. The summed E-state index contributed by atoms with van der Waals surface area (Å²) in [5.74, 6) is 4.39. The van der Waals surface area contributed by atoms with E-state index in [-0.39, 0.29) is 0 Å². The zero-order valence-electron chi connectivity index (χ0n) is 11.2. The molecule has 2 fully saturated rings. The highest BCUT2D eigenvalue weighted by molar-refractivity contribution is 6.40. The predicted octanol–water partition coefficient (Wildman–Crippen LogP) is 4.73. The molecular weight excluding hydrogens is 203 g/mol. The van der Waals surface area contributed by atoms with E-state index in [4.69, 9.17) is 0 Å². The largest absolute Gasteiger partial charge is 0.127 e. The van der Waals surface area contributed by atoms with Crippen LogP contribution in [0.5, 0.6) is 0 Å². The van der Waals surface area contributed by atoms with Crippen molar-refractivity contribution in [2.75, 3.05) is 0 Å². The second-order valence-electron chi connectivity index (χ2n) is 6.86. The standard InChI is InChI=1S/C16H27B/c1-2-5-13(6-3-1)9-10-14-11-12-15-7-4-8-16(14)17-15/h1-2,13-17H,3-12H2. The highest BCUT2D eigenvalue weighted by Gasteiger charge is 2.34. The Kier molecular flexibility index (Phi) is 3.93. The van der Waals surface area contributed by atoms with Gasteiger partial charge in [-0.3, -0.25) is 0 Å². The van der Waals surface area contributed by atoms with Crippen LogP contribution in [0, 0.1) is 11.8 Å². The molecule has 0 saturated carbocycles. The fraction of sp³-hybridized carbons (Fsp3) is 0.875. The van der Waals surface area contributed by atoms with Crippen molar-refractivity contribution in [2.45, 2.75) is 75.8 Å². The molecule has 0 radical (unpaired) electrons. The summed E-state index contributed by atoms with van der Waals surface area (Å²) in [4.78, 5) is 0. The van der Waals surface area contributed by atoms with Crippen molar-refractivity contribution < 1.29 is 0 Å². The van der Waals surface area contributed by atoms with E-state index in [2.05, 4.69) is 12.2 Å². The number of allylic oxidation sites excluding steroid dienone is 2. The third-order valence-electron chi connectivity index (χ3n) is 5.76. The van der Waals surface area contributed by atoms with Crippen molar-refractivity contribution >= 4 is 7.28 Å². The zero-order valence-corrected chi connectivity index (χ0v) is 11.2. The van der Waals surface area contributed by atoms with E-state index < -0.39 is 0 Å². The van der Waals surface area contributed by atoms with Gasteiger partial charge in [-0.1, -0.05) is 62.3 Å². The van der Waals surface area contributed by atoms with E-state index >= 15 is 0 Å². The van der Waals surface area contributed by atoms with E-state index in [1.165, 1.54) is 32.1 Å². The van der Waals surface area contributed by atoms with Gasteiger partial charge in [-0.2, -0.15) is 0 Å². The summed E-state index contributed by atoms with van der Waals surface area (Å²) in [5, 5.41) is 0. The van der Waals surface area contributed by atoms with Gasteiger partial charge in [0.2, 0.25) is 0 Å². The van der Waals surface area contributed by atoms with Crippen LogP contribution < -0.4 is 0 Å². The Balaban J connectivity index is 1.46. The van der Waals surface area contributed by atoms with Crippen LogP contribution in [0.15, 0.2) is 12.2 Å². The molecule has 2 aliphatic heterocycles. The molecule has 1 heteroatoms. The van der Waals surface area contributed by atoms with Crippen LogP contribution in [0.4, 0.5) is 0 Å². The Hall–Kier alpha value is -0.195. The molecule has 3 aliphatic rings. The van der Waals surface area contributed by atoms with Crippen LogP contribution in [-0.2, 0) is 0 Å². The molecule has 1 aliphatic carbocycles. The van der Waals surface area contributed by atoms with Gasteiger partial charge in [0.25, 0.3) is 0 Å². The first-order valence-electron chi connectivity index (χ1n) is 8.07. The van der Waals surface area contributed by atoms with Crippen LogP contribution in [0.3, 0.4) is 0 Å². The second-order valence-corrected chi connectivity index (χ2v) is 6.86. The minimum atomic E-state index is 1.03. The number of hydrogen-bond donors (Lipinski definition) is 0. The molecule has 17 heavy (non-hydrogen) atoms. The van der Waals surface area contributed by atoms with Crippen molar-refractivity contribution in [1.82, 2.24) is 0 Å². The second kappa shape index (κ2) is 5.63. The van der Waals surface area contributed by atoms with Crippen LogP contribution >= 0.6 is 0 Å². The average molecular weight is 230 g/mol. The van der Waals surface area contributed by atoms with Gasteiger partial charge < -0.3 is 0 Å². The Morgan fingerprint density at radius 2 is 1.94 bits per heavy atom. The van der Waals surface area contributed by atoms with Crippen LogP contribution in [0.25, 0.3) is 0 Å². The maximum Gasteiger partial charge on any atom is 0.127 e. The minimum Gasteiger partial charge on any atom is -0.0885 e. The summed E-state index contributed by atoms with van der Waals surface area (Å²) >= 11 is 0. The van der Waals surface area contributed by atoms with Crippen LogP contribution in [0.1, 0.15) is 64.2 Å². The minimum absolute atomic E-state index is 1.03. The fourth-order valence-corrected chi connectivity index (χ4v) is 4.66. The normalized spacial score (nSPS) is 40.9. The lowest BCUT2D eigenvalue weighted by atomic mass is 9.41. The summed E-state index contributed by atoms with van der Waals surface area (Å²) in [6, 6.07) is 0. The van der Waals surface area contributed by atoms with E-state index in [9.17, 15) is 0 Å². The van der Waals surface area contributed by atoms with E-state index in [0.717, 1.165) is 23.5 Å². The lowest BCUT2D eigenvalue weighted by molar-refractivity contribution is 0.293. The topological polar surface area (TPSA) is 0 Å². The van der Waals surface area contributed by atoms with Gasteiger partial charge in [0, 0.05) is 0 Å². The molecule has 0 aromatic heterocycles. The van der Waals surface area contributed by atoms with E-state index in [1.807, 2.05) is 0 Å². The van der Waals surface area contributed by atoms with Gasteiger partial charge in [0.15, 0.2) is 0 Å². The molecule has 0 aromatic rings. The smallest absolute Gasteiger partial charge is 0.0885 e. The Labute approximate surface area is 107 Å². The quantitative estimate of drug-likeness (QED) is 0.485. The molecule has 4 unspecified atom stereocenters. The molecule has 0 nitrogen and oxygen atoms in total. The molecule has 2 bridgehead atoms. The molecule has 4 atom stereocenters. The van der Waals surface area contributed by atoms with Gasteiger partial charge in [0.05, 0.1) is 0 Å². The van der Waals surface area contributed by atoms with Crippen molar-refractivity contribution in [2.24, 2.45) is 11.8 Å². The van der Waals surface area contributed by atoms with Gasteiger partial charge in [-0.25, -0.2) is 0 Å². The molecule has 0 aromatic carbocycles. The number of hydrogen-bond acceptors (Lipinski definition) is 0. The predicted molar refractivity (Wildman–Crippen MR) is 76.9 cm³/mol. The van der Waals surface area contributed by atoms with Gasteiger partial charge >= 0.3 is 0 Å².